The van der Waals surface area contributed by atoms with E-state index in [1.807, 2.05) is 6.92 Å². The lowest BCUT2D eigenvalue weighted by atomic mass is 10.1. The van der Waals surface area contributed by atoms with Crippen LogP contribution in [-0.2, 0) is 19.1 Å². The van der Waals surface area contributed by atoms with Gasteiger partial charge in [0.25, 0.3) is 0 Å². The molecule has 0 atom stereocenters. The molecule has 0 aliphatic rings. The van der Waals surface area contributed by atoms with Crippen molar-refractivity contribution in [1.82, 2.24) is 10.6 Å². The van der Waals surface area contributed by atoms with Crippen LogP contribution in [0.15, 0.2) is 0 Å². The van der Waals surface area contributed by atoms with Crippen LogP contribution in [0.4, 0.5) is 0 Å². The van der Waals surface area contributed by atoms with Crippen LogP contribution >= 0.6 is 0 Å². The smallest absolute Gasteiger partial charge is 0.322 e. The number of hydrogen-bond donors (Lipinski definition) is 2. The van der Waals surface area contributed by atoms with Gasteiger partial charge in [-0.3, -0.25) is 9.59 Å². The number of carbonyl (C=O) groups excluding carboxylic acids is 2. The first-order chi connectivity index (χ1) is 9.96. The van der Waals surface area contributed by atoms with E-state index in [1.54, 1.807) is 41.5 Å². The molecule has 22 heavy (non-hydrogen) atoms. The number of hydrogen-bond acceptors (Lipinski definition) is 6. The molecule has 0 aromatic carbocycles. The summed E-state index contributed by atoms with van der Waals surface area (Å²) in [5, 5.41) is 6.25. The number of ether oxygens (including phenoxy) is 2. The van der Waals surface area contributed by atoms with Crippen LogP contribution in [0.25, 0.3) is 0 Å². The maximum Gasteiger partial charge on any atom is 0.322 e. The standard InChI is InChI=1S/C16H32N2O4/c1-8-17-9-10-18-11-12(13(19)21-15(2,3)4)14(20)22-16(5,6)7/h12,17-18H,8-11H2,1-7H3. The summed E-state index contributed by atoms with van der Waals surface area (Å²) in [7, 11) is 0. The molecule has 6 heteroatoms. The minimum atomic E-state index is -0.958. The van der Waals surface area contributed by atoms with Crippen molar-refractivity contribution in [2.75, 3.05) is 26.2 Å². The summed E-state index contributed by atoms with van der Waals surface area (Å²) in [5.41, 5.74) is -1.28. The van der Waals surface area contributed by atoms with E-state index in [2.05, 4.69) is 10.6 Å². The molecular formula is C16H32N2O4. The lowest BCUT2D eigenvalue weighted by molar-refractivity contribution is -0.174. The maximum absolute atomic E-state index is 12.2. The second-order valence-corrected chi connectivity index (χ2v) is 7.18. The molecule has 0 fully saturated rings. The first-order valence-electron chi connectivity index (χ1n) is 7.83. The van der Waals surface area contributed by atoms with Crippen molar-refractivity contribution in [3.8, 4) is 0 Å². The first kappa shape index (κ1) is 20.9. The van der Waals surface area contributed by atoms with Gasteiger partial charge in [0.15, 0.2) is 5.92 Å². The molecule has 0 aromatic rings. The lowest BCUT2D eigenvalue weighted by Gasteiger charge is -2.26. The summed E-state index contributed by atoms with van der Waals surface area (Å²) in [4.78, 5) is 24.5. The average Bonchev–Trinajstić information content (AvgIpc) is 2.28. The van der Waals surface area contributed by atoms with E-state index in [-0.39, 0.29) is 6.54 Å². The number of esters is 2. The van der Waals surface area contributed by atoms with Crippen molar-refractivity contribution in [2.45, 2.75) is 59.7 Å². The normalized spacial score (nSPS) is 12.4. The van der Waals surface area contributed by atoms with Crippen molar-refractivity contribution >= 4 is 11.9 Å². The summed E-state index contributed by atoms with van der Waals surface area (Å²) in [6, 6.07) is 0. The Morgan fingerprint density at radius 1 is 0.864 bits per heavy atom. The summed E-state index contributed by atoms with van der Waals surface area (Å²) in [5.74, 6) is -2.07. The number of carbonyl (C=O) groups is 2. The van der Waals surface area contributed by atoms with Crippen molar-refractivity contribution in [2.24, 2.45) is 5.92 Å². The van der Waals surface area contributed by atoms with Gasteiger partial charge < -0.3 is 20.1 Å². The highest BCUT2D eigenvalue weighted by Crippen LogP contribution is 2.16. The highest BCUT2D eigenvalue weighted by atomic mass is 16.6. The van der Waals surface area contributed by atoms with E-state index in [0.717, 1.165) is 13.1 Å². The minimum Gasteiger partial charge on any atom is -0.459 e. The molecule has 6 nitrogen and oxygen atoms in total. The number of rotatable bonds is 8. The van der Waals surface area contributed by atoms with Gasteiger partial charge in [-0.05, 0) is 48.1 Å². The molecule has 0 spiro atoms. The highest BCUT2D eigenvalue weighted by molar-refractivity contribution is 5.95. The third kappa shape index (κ3) is 10.6. The molecular weight excluding hydrogens is 284 g/mol. The topological polar surface area (TPSA) is 76.7 Å². The van der Waals surface area contributed by atoms with E-state index in [4.69, 9.17) is 9.47 Å². The third-order valence-corrected chi connectivity index (χ3v) is 2.46. The van der Waals surface area contributed by atoms with E-state index >= 15 is 0 Å². The Bertz CT molecular complexity index is 328. The molecule has 0 heterocycles. The van der Waals surface area contributed by atoms with Crippen molar-refractivity contribution in [3.05, 3.63) is 0 Å². The fraction of sp³-hybridized carbons (Fsp3) is 0.875. The molecule has 0 bridgehead atoms. The van der Waals surface area contributed by atoms with Crippen LogP contribution in [0.3, 0.4) is 0 Å². The molecule has 0 amide bonds. The Kier molecular flexibility index (Phi) is 8.63. The SMILES string of the molecule is CCNCCNCC(C(=O)OC(C)(C)C)C(=O)OC(C)(C)C. The molecule has 130 valence electrons. The van der Waals surface area contributed by atoms with E-state index in [9.17, 15) is 9.59 Å². The zero-order chi connectivity index (χ0) is 17.4. The Morgan fingerprint density at radius 2 is 1.27 bits per heavy atom. The number of likely N-dealkylation sites (N-methyl/N-ethyl adjacent to an activating group) is 1. The summed E-state index contributed by atoms with van der Waals surface area (Å²) in [6.07, 6.45) is 0. The minimum absolute atomic E-state index is 0.204. The van der Waals surface area contributed by atoms with Gasteiger partial charge in [-0.15, -0.1) is 0 Å². The van der Waals surface area contributed by atoms with E-state index < -0.39 is 29.1 Å². The molecule has 0 aromatic heterocycles. The van der Waals surface area contributed by atoms with Crippen LogP contribution in [0.5, 0.6) is 0 Å². The van der Waals surface area contributed by atoms with Gasteiger partial charge in [0.05, 0.1) is 0 Å². The Hall–Kier alpha value is -1.14. The molecule has 0 saturated carbocycles. The van der Waals surface area contributed by atoms with E-state index in [0.29, 0.717) is 6.54 Å². The predicted octanol–water partition coefficient (Wildman–Crippen LogP) is 1.49. The Balaban J connectivity index is 4.69. The lowest BCUT2D eigenvalue weighted by Crippen LogP contribution is -2.43. The van der Waals surface area contributed by atoms with Gasteiger partial charge >= 0.3 is 11.9 Å². The second-order valence-electron chi connectivity index (χ2n) is 7.18. The quantitative estimate of drug-likeness (QED) is 0.401. The van der Waals surface area contributed by atoms with Gasteiger partial charge in [0, 0.05) is 19.6 Å². The van der Waals surface area contributed by atoms with Crippen LogP contribution in [0.2, 0.25) is 0 Å². The zero-order valence-electron chi connectivity index (χ0n) is 15.0. The molecule has 0 radical (unpaired) electrons. The molecule has 0 unspecified atom stereocenters. The monoisotopic (exact) mass is 316 g/mol. The van der Waals surface area contributed by atoms with E-state index in [1.165, 1.54) is 0 Å². The van der Waals surface area contributed by atoms with Gasteiger partial charge in [0.1, 0.15) is 11.2 Å². The fourth-order valence-electron chi connectivity index (χ4n) is 1.61. The third-order valence-electron chi connectivity index (χ3n) is 2.46. The Morgan fingerprint density at radius 3 is 1.64 bits per heavy atom. The largest absolute Gasteiger partial charge is 0.459 e. The van der Waals surface area contributed by atoms with Crippen molar-refractivity contribution < 1.29 is 19.1 Å². The molecule has 0 saturated heterocycles. The van der Waals surface area contributed by atoms with Crippen LogP contribution in [0, 0.1) is 5.92 Å². The molecule has 2 N–H and O–H groups in total. The van der Waals surface area contributed by atoms with Gasteiger partial charge in [-0.2, -0.15) is 0 Å². The van der Waals surface area contributed by atoms with Crippen LogP contribution in [-0.4, -0.2) is 49.3 Å². The van der Waals surface area contributed by atoms with Gasteiger partial charge in [0.2, 0.25) is 0 Å². The average molecular weight is 316 g/mol. The van der Waals surface area contributed by atoms with Gasteiger partial charge in [-0.25, -0.2) is 0 Å². The van der Waals surface area contributed by atoms with Crippen molar-refractivity contribution in [3.63, 3.8) is 0 Å². The molecule has 0 aliphatic heterocycles. The summed E-state index contributed by atoms with van der Waals surface area (Å²) in [6.45, 7) is 15.2. The second kappa shape index (κ2) is 9.10. The fourth-order valence-corrected chi connectivity index (χ4v) is 1.61. The zero-order valence-corrected chi connectivity index (χ0v) is 15.0. The summed E-state index contributed by atoms with van der Waals surface area (Å²) < 4.78 is 10.6. The molecule has 0 aliphatic carbocycles. The maximum atomic E-state index is 12.2. The predicted molar refractivity (Wildman–Crippen MR) is 86.6 cm³/mol. The highest BCUT2D eigenvalue weighted by Gasteiger charge is 2.34. The Labute approximate surface area is 134 Å². The van der Waals surface area contributed by atoms with Gasteiger partial charge in [-0.1, -0.05) is 6.92 Å². The summed E-state index contributed by atoms with van der Waals surface area (Å²) >= 11 is 0. The number of nitrogens with one attached hydrogen (secondary N) is 2. The van der Waals surface area contributed by atoms with Crippen molar-refractivity contribution in [1.29, 1.82) is 0 Å². The molecule has 0 rings (SSSR count). The first-order valence-corrected chi connectivity index (χ1v) is 7.83. The van der Waals surface area contributed by atoms with Crippen LogP contribution < -0.4 is 10.6 Å². The van der Waals surface area contributed by atoms with Crippen LogP contribution in [0.1, 0.15) is 48.5 Å².